The van der Waals surface area contributed by atoms with Gasteiger partial charge in [-0.3, -0.25) is 4.79 Å². The van der Waals surface area contributed by atoms with Crippen LogP contribution in [0.15, 0.2) is 36.4 Å². The number of carbonyl (C=O) groups excluding carboxylic acids is 1. The number of hydrogen-bond donors (Lipinski definition) is 2. The summed E-state index contributed by atoms with van der Waals surface area (Å²) in [5.74, 6) is -0.762. The number of benzene rings is 1. The van der Waals surface area contributed by atoms with E-state index in [-0.39, 0.29) is 67.2 Å². The maximum atomic E-state index is 13.4. The molecule has 12 heteroatoms. The lowest BCUT2D eigenvalue weighted by Crippen LogP contribution is -2.29. The van der Waals surface area contributed by atoms with E-state index in [1.165, 1.54) is 30.3 Å². The third kappa shape index (κ3) is 5.94. The molecule has 6 nitrogen and oxygen atoms in total. The van der Waals surface area contributed by atoms with Crippen LogP contribution in [0.4, 0.5) is 17.6 Å². The fourth-order valence-corrected chi connectivity index (χ4v) is 2.78. The zero-order valence-electron chi connectivity index (χ0n) is 15.3. The van der Waals surface area contributed by atoms with Crippen LogP contribution in [0.25, 0.3) is 0 Å². The largest absolute Gasteiger partial charge is 0.439 e. The van der Waals surface area contributed by atoms with Crippen molar-refractivity contribution < 1.29 is 32.2 Å². The van der Waals surface area contributed by atoms with Crippen LogP contribution in [0.5, 0.6) is 11.6 Å². The van der Waals surface area contributed by atoms with Crippen molar-refractivity contribution in [2.75, 3.05) is 13.1 Å². The molecular formula is C18H19Cl2F4N3O3. The monoisotopic (exact) mass is 471 g/mol. The van der Waals surface area contributed by atoms with Gasteiger partial charge < -0.3 is 20.5 Å². The molecule has 2 heterocycles. The second-order valence-electron chi connectivity index (χ2n) is 6.32. The summed E-state index contributed by atoms with van der Waals surface area (Å²) in [7, 11) is 0. The van der Waals surface area contributed by atoms with Crippen molar-refractivity contribution in [3.8, 4) is 11.6 Å². The van der Waals surface area contributed by atoms with Crippen LogP contribution in [-0.4, -0.2) is 46.3 Å². The summed E-state index contributed by atoms with van der Waals surface area (Å²) in [5.41, 5.74) is 4.62. The SMILES string of the molecule is Cl.Cl.NCc1cc(Oc2cccc(C(=O)N3C[C@@H](O)[C@H](F)C3)c2)nc(C(F)(F)F)c1. The number of alkyl halides is 4. The molecule has 2 aromatic rings. The Morgan fingerprint density at radius 1 is 1.23 bits per heavy atom. The van der Waals surface area contributed by atoms with E-state index in [9.17, 15) is 27.5 Å². The molecule has 3 N–H and O–H groups in total. The molecule has 2 atom stereocenters. The molecule has 0 unspecified atom stereocenters. The molecular weight excluding hydrogens is 453 g/mol. The van der Waals surface area contributed by atoms with E-state index in [0.29, 0.717) is 0 Å². The minimum absolute atomic E-state index is 0. The van der Waals surface area contributed by atoms with Crippen molar-refractivity contribution in [2.24, 2.45) is 5.73 Å². The topological polar surface area (TPSA) is 88.7 Å². The number of ether oxygens (including phenoxy) is 1. The van der Waals surface area contributed by atoms with E-state index in [2.05, 4.69) is 4.98 Å². The summed E-state index contributed by atoms with van der Waals surface area (Å²) in [4.78, 5) is 17.0. The number of aliphatic hydroxyl groups excluding tert-OH is 1. The summed E-state index contributed by atoms with van der Waals surface area (Å²) in [6.07, 6.45) is -7.43. The average Bonchev–Trinajstić information content (AvgIpc) is 2.99. The molecule has 1 amide bonds. The van der Waals surface area contributed by atoms with Gasteiger partial charge in [0.2, 0.25) is 5.88 Å². The van der Waals surface area contributed by atoms with Crippen molar-refractivity contribution >= 4 is 30.7 Å². The third-order valence-electron chi connectivity index (χ3n) is 4.20. The van der Waals surface area contributed by atoms with Crippen molar-refractivity contribution in [2.45, 2.75) is 25.0 Å². The first-order chi connectivity index (χ1) is 13.2. The molecule has 1 saturated heterocycles. The maximum absolute atomic E-state index is 13.4. The first-order valence-electron chi connectivity index (χ1n) is 8.35. The Morgan fingerprint density at radius 3 is 2.50 bits per heavy atom. The minimum atomic E-state index is -4.67. The van der Waals surface area contributed by atoms with Crippen molar-refractivity contribution in [1.29, 1.82) is 0 Å². The molecule has 3 rings (SSSR count). The Hall–Kier alpha value is -2.14. The molecule has 1 aliphatic heterocycles. The van der Waals surface area contributed by atoms with Gasteiger partial charge in [0.25, 0.3) is 5.91 Å². The fraction of sp³-hybridized carbons (Fsp3) is 0.333. The van der Waals surface area contributed by atoms with Crippen LogP contribution in [0.2, 0.25) is 0 Å². The fourth-order valence-electron chi connectivity index (χ4n) is 2.78. The number of rotatable bonds is 4. The van der Waals surface area contributed by atoms with Gasteiger partial charge in [-0.25, -0.2) is 9.37 Å². The quantitative estimate of drug-likeness (QED) is 0.667. The number of halogens is 6. The van der Waals surface area contributed by atoms with Gasteiger partial charge >= 0.3 is 6.18 Å². The Morgan fingerprint density at radius 2 is 1.93 bits per heavy atom. The molecule has 0 aliphatic carbocycles. The number of pyridine rings is 1. The zero-order chi connectivity index (χ0) is 20.5. The minimum Gasteiger partial charge on any atom is -0.439 e. The van der Waals surface area contributed by atoms with Crippen LogP contribution in [0.3, 0.4) is 0 Å². The highest BCUT2D eigenvalue weighted by Crippen LogP contribution is 2.31. The highest BCUT2D eigenvalue weighted by molar-refractivity contribution is 5.94. The molecule has 0 spiro atoms. The summed E-state index contributed by atoms with van der Waals surface area (Å²) in [6, 6.07) is 7.78. The van der Waals surface area contributed by atoms with Gasteiger partial charge in [-0.2, -0.15) is 13.2 Å². The highest BCUT2D eigenvalue weighted by Gasteiger charge is 2.35. The lowest BCUT2D eigenvalue weighted by Gasteiger charge is -2.16. The van der Waals surface area contributed by atoms with Gasteiger partial charge in [-0.1, -0.05) is 6.07 Å². The molecule has 1 aromatic carbocycles. The predicted octanol–water partition coefficient (Wildman–Crippen LogP) is 3.35. The summed E-state index contributed by atoms with van der Waals surface area (Å²) < 4.78 is 57.7. The molecule has 1 aliphatic rings. The van der Waals surface area contributed by atoms with Crippen molar-refractivity contribution in [1.82, 2.24) is 9.88 Å². The molecule has 1 aromatic heterocycles. The molecule has 0 radical (unpaired) electrons. The van der Waals surface area contributed by atoms with E-state index < -0.39 is 30.1 Å². The van der Waals surface area contributed by atoms with E-state index in [4.69, 9.17) is 10.5 Å². The van der Waals surface area contributed by atoms with Gasteiger partial charge in [0.1, 0.15) is 23.7 Å². The Balaban J connectivity index is 0.00000225. The van der Waals surface area contributed by atoms with Crippen LogP contribution in [-0.2, 0) is 12.7 Å². The maximum Gasteiger partial charge on any atom is 0.433 e. The van der Waals surface area contributed by atoms with Crippen LogP contribution < -0.4 is 10.5 Å². The van der Waals surface area contributed by atoms with Crippen molar-refractivity contribution in [3.05, 3.63) is 53.2 Å². The highest BCUT2D eigenvalue weighted by atomic mass is 35.5. The molecule has 0 saturated carbocycles. The first-order valence-corrected chi connectivity index (χ1v) is 8.35. The number of carbonyl (C=O) groups is 1. The number of aromatic nitrogens is 1. The van der Waals surface area contributed by atoms with Gasteiger partial charge in [-0.15, -0.1) is 24.8 Å². The Labute approximate surface area is 181 Å². The lowest BCUT2D eigenvalue weighted by molar-refractivity contribution is -0.141. The van der Waals surface area contributed by atoms with Crippen LogP contribution in [0, 0.1) is 0 Å². The summed E-state index contributed by atoms with van der Waals surface area (Å²) >= 11 is 0. The third-order valence-corrected chi connectivity index (χ3v) is 4.20. The number of nitrogens with two attached hydrogens (primary N) is 1. The Bertz CT molecular complexity index is 876. The smallest absolute Gasteiger partial charge is 0.433 e. The Kier molecular flexibility index (Phi) is 8.85. The number of amides is 1. The molecule has 1 fully saturated rings. The zero-order valence-corrected chi connectivity index (χ0v) is 16.9. The lowest BCUT2D eigenvalue weighted by atomic mass is 10.2. The average molecular weight is 472 g/mol. The standard InChI is InChI=1S/C18H17F4N3O3.2ClH/c19-13-8-25(9-14(13)26)17(27)11-2-1-3-12(6-11)28-16-5-10(7-23)4-15(24-16)18(20,21)22;;/h1-6,13-14,26H,7-9,23H2;2*1H/t13-,14-;;/m1../s1. The number of β-amino-alcohol motifs (C(OH)–C–C–N with tert-alkyl or cyclic N) is 1. The predicted molar refractivity (Wildman–Crippen MR) is 105 cm³/mol. The van der Waals surface area contributed by atoms with E-state index in [1.54, 1.807) is 0 Å². The molecule has 0 bridgehead atoms. The van der Waals surface area contributed by atoms with Crippen LogP contribution >= 0.6 is 24.8 Å². The normalized spacial score (nSPS) is 18.4. The number of nitrogens with zero attached hydrogens (tertiary/aromatic N) is 2. The summed E-state index contributed by atoms with van der Waals surface area (Å²) in [6.45, 7) is -0.511. The molecule has 30 heavy (non-hydrogen) atoms. The second kappa shape index (κ2) is 10.3. The van der Waals surface area contributed by atoms with E-state index in [0.717, 1.165) is 11.0 Å². The summed E-state index contributed by atoms with van der Waals surface area (Å²) in [5, 5.41) is 9.45. The van der Waals surface area contributed by atoms with Gasteiger partial charge in [0.05, 0.1) is 6.54 Å². The van der Waals surface area contributed by atoms with Crippen molar-refractivity contribution in [3.63, 3.8) is 0 Å². The van der Waals surface area contributed by atoms with E-state index >= 15 is 0 Å². The van der Waals surface area contributed by atoms with Crippen LogP contribution in [0.1, 0.15) is 21.6 Å². The van der Waals surface area contributed by atoms with Gasteiger partial charge in [-0.05, 0) is 29.8 Å². The number of hydrogen-bond acceptors (Lipinski definition) is 5. The number of likely N-dealkylation sites (tertiary alicyclic amines) is 1. The first kappa shape index (κ1) is 25.9. The second-order valence-corrected chi connectivity index (χ2v) is 6.32. The number of aliphatic hydroxyl groups is 1. The van der Waals surface area contributed by atoms with Gasteiger partial charge in [0, 0.05) is 24.7 Å². The van der Waals surface area contributed by atoms with Gasteiger partial charge in [0.15, 0.2) is 0 Å². The van der Waals surface area contributed by atoms with E-state index in [1.807, 2.05) is 0 Å². The molecule has 166 valence electrons.